The monoisotopic (exact) mass is 650 g/mol. The van der Waals surface area contributed by atoms with Gasteiger partial charge in [0, 0.05) is 62.1 Å². The zero-order valence-electron chi connectivity index (χ0n) is 27.4. The highest BCUT2D eigenvalue weighted by Gasteiger charge is 2.38. The second-order valence-electron chi connectivity index (χ2n) is 13.2. The van der Waals surface area contributed by atoms with Crippen LogP contribution in [0.4, 0.5) is 11.4 Å². The van der Waals surface area contributed by atoms with Crippen LogP contribution in [-0.2, 0) is 0 Å². The fraction of sp³-hybridized carbons (Fsp3) is 0.0909. The van der Waals surface area contributed by atoms with Crippen LogP contribution in [0, 0.1) is 0 Å². The number of benzene rings is 6. The zero-order valence-corrected chi connectivity index (χ0v) is 27.4. The number of fused-ring (bicyclic) bond motifs is 12. The van der Waals surface area contributed by atoms with Crippen molar-refractivity contribution in [3.05, 3.63) is 139 Å². The predicted molar refractivity (Wildman–Crippen MR) is 202 cm³/mol. The summed E-state index contributed by atoms with van der Waals surface area (Å²) < 4.78 is 27.3. The molecule has 1 aliphatic carbocycles. The molecule has 1 aliphatic heterocycles. The summed E-state index contributed by atoms with van der Waals surface area (Å²) >= 11 is 0. The van der Waals surface area contributed by atoms with Gasteiger partial charge in [-0.1, -0.05) is 78.9 Å². The lowest BCUT2D eigenvalue weighted by Crippen LogP contribution is -2.28. The van der Waals surface area contributed by atoms with E-state index in [4.69, 9.17) is 18.3 Å². The third-order valence-corrected chi connectivity index (χ3v) is 10.7. The molecule has 3 aromatic heterocycles. The quantitative estimate of drug-likeness (QED) is 0.190. The van der Waals surface area contributed by atoms with Crippen LogP contribution in [0.2, 0.25) is 0 Å². The number of para-hydroxylation sites is 3. The Morgan fingerprint density at radius 1 is 0.500 bits per heavy atom. The summed E-state index contributed by atoms with van der Waals surface area (Å²) in [7, 11) is 3.44. The molecule has 0 spiro atoms. The number of ether oxygens (including phenoxy) is 2. The highest BCUT2D eigenvalue weighted by molar-refractivity contribution is 6.17. The molecule has 0 saturated heterocycles. The number of hydrogen-bond donors (Lipinski definition) is 0. The fourth-order valence-electron chi connectivity index (χ4n) is 8.52. The average Bonchev–Trinajstić information content (AvgIpc) is 3.89. The molecular formula is C44H30N2O4. The molecule has 6 nitrogen and oxygen atoms in total. The smallest absolute Gasteiger partial charge is 0.146 e. The topological polar surface area (TPSA) is 52.9 Å². The molecular weight excluding hydrogens is 620 g/mol. The zero-order chi connectivity index (χ0) is 33.1. The number of rotatable bonds is 4. The van der Waals surface area contributed by atoms with Gasteiger partial charge in [-0.25, -0.2) is 0 Å². The Morgan fingerprint density at radius 3 is 1.72 bits per heavy atom. The van der Waals surface area contributed by atoms with Crippen molar-refractivity contribution in [1.82, 2.24) is 4.57 Å². The highest BCUT2D eigenvalue weighted by Crippen LogP contribution is 2.51. The van der Waals surface area contributed by atoms with Gasteiger partial charge in [0.1, 0.15) is 33.8 Å². The Labute approximate surface area is 286 Å². The Bertz CT molecular complexity index is 2890. The van der Waals surface area contributed by atoms with Crippen molar-refractivity contribution in [3.63, 3.8) is 0 Å². The Morgan fingerprint density at radius 2 is 1.04 bits per heavy atom. The molecule has 2 aliphatic rings. The summed E-state index contributed by atoms with van der Waals surface area (Å²) in [6.45, 7) is 0. The molecule has 0 bridgehead atoms. The summed E-state index contributed by atoms with van der Waals surface area (Å²) in [6, 6.07) is 38.6. The minimum atomic E-state index is 0.153. The Hall–Kier alpha value is -6.40. The molecule has 0 amide bonds. The van der Waals surface area contributed by atoms with Gasteiger partial charge >= 0.3 is 0 Å². The molecule has 0 radical (unpaired) electrons. The van der Waals surface area contributed by atoms with Crippen molar-refractivity contribution in [2.45, 2.75) is 12.0 Å². The first kappa shape index (κ1) is 27.5. The van der Waals surface area contributed by atoms with E-state index in [-0.39, 0.29) is 12.0 Å². The summed E-state index contributed by atoms with van der Waals surface area (Å²) in [4.78, 5) is 2.41. The van der Waals surface area contributed by atoms with Gasteiger partial charge in [-0.2, -0.15) is 0 Å². The van der Waals surface area contributed by atoms with Crippen molar-refractivity contribution < 1.29 is 18.3 Å². The molecule has 6 aromatic carbocycles. The van der Waals surface area contributed by atoms with Crippen molar-refractivity contribution >= 4 is 77.1 Å². The van der Waals surface area contributed by atoms with Crippen LogP contribution in [0.3, 0.4) is 0 Å². The van der Waals surface area contributed by atoms with Crippen molar-refractivity contribution in [3.8, 4) is 17.2 Å². The minimum Gasteiger partial charge on any atom is -0.494 e. The van der Waals surface area contributed by atoms with Gasteiger partial charge in [-0.05, 0) is 42.0 Å². The number of aromatic nitrogens is 1. The van der Waals surface area contributed by atoms with E-state index in [1.807, 2.05) is 18.2 Å². The van der Waals surface area contributed by atoms with Gasteiger partial charge in [-0.15, -0.1) is 0 Å². The molecule has 2 atom stereocenters. The molecule has 9 aromatic rings. The maximum absolute atomic E-state index is 6.50. The molecule has 2 unspecified atom stereocenters. The average molecular weight is 651 g/mol. The lowest BCUT2D eigenvalue weighted by atomic mass is 9.91. The third-order valence-electron chi connectivity index (χ3n) is 10.7. The van der Waals surface area contributed by atoms with E-state index in [0.717, 1.165) is 77.8 Å². The van der Waals surface area contributed by atoms with Gasteiger partial charge in [0.15, 0.2) is 0 Å². The van der Waals surface area contributed by atoms with Gasteiger partial charge in [-0.3, -0.25) is 0 Å². The first-order valence-corrected chi connectivity index (χ1v) is 16.9. The lowest BCUT2D eigenvalue weighted by Gasteiger charge is -2.30. The number of furan rings is 2. The number of anilines is 2. The number of allylic oxidation sites excluding steroid dienone is 2. The highest BCUT2D eigenvalue weighted by atomic mass is 16.5. The summed E-state index contributed by atoms with van der Waals surface area (Å²) in [5.74, 6) is 1.78. The second-order valence-corrected chi connectivity index (χ2v) is 13.2. The molecule has 0 fully saturated rings. The van der Waals surface area contributed by atoms with E-state index >= 15 is 0 Å². The van der Waals surface area contributed by atoms with Gasteiger partial charge in [0.2, 0.25) is 0 Å². The van der Waals surface area contributed by atoms with Crippen molar-refractivity contribution in [1.29, 1.82) is 0 Å². The van der Waals surface area contributed by atoms with E-state index in [0.29, 0.717) is 0 Å². The van der Waals surface area contributed by atoms with Crippen LogP contribution in [0.1, 0.15) is 11.5 Å². The van der Waals surface area contributed by atoms with E-state index < -0.39 is 0 Å². The van der Waals surface area contributed by atoms with Crippen LogP contribution in [0.25, 0.3) is 71.4 Å². The molecule has 50 heavy (non-hydrogen) atoms. The summed E-state index contributed by atoms with van der Waals surface area (Å²) in [6.07, 6.45) is 8.87. The van der Waals surface area contributed by atoms with Gasteiger partial charge < -0.3 is 27.8 Å². The maximum Gasteiger partial charge on any atom is 0.146 e. The Kier molecular flexibility index (Phi) is 5.54. The summed E-state index contributed by atoms with van der Waals surface area (Å²) in [5.41, 5.74) is 9.79. The largest absolute Gasteiger partial charge is 0.494 e. The van der Waals surface area contributed by atoms with Crippen LogP contribution in [-0.4, -0.2) is 24.8 Å². The van der Waals surface area contributed by atoms with Gasteiger partial charge in [0.25, 0.3) is 0 Å². The Balaban J connectivity index is 1.15. The molecule has 0 saturated carbocycles. The third kappa shape index (κ3) is 3.62. The number of hydrogen-bond acceptors (Lipinski definition) is 5. The minimum absolute atomic E-state index is 0.153. The first-order chi connectivity index (χ1) is 24.7. The van der Waals surface area contributed by atoms with E-state index in [1.165, 1.54) is 22.0 Å². The normalized spacial score (nSPS) is 16.8. The second kappa shape index (κ2) is 10.1. The standard InChI is InChI=1S/C44H30N2O4/c1-47-43-23-41-31(20-37(43)45-33-15-7-3-11-25(33)26-12-4-8-16-34(26)45)29-19-30-32-21-38(44(48-2)24-42(32)50-40(30)22-39(29)49-41)46-35-17-9-5-13-27(35)28-14-6-10-18-36(28)46/h3-25,33H,1-2H3. The van der Waals surface area contributed by atoms with Crippen molar-refractivity contribution in [2.75, 3.05) is 19.1 Å². The SMILES string of the molecule is COc1cc2oc3cc4oc5cc(OC)c(-n6c7ccccc7c7ccccc76)cc5c4cc3c2cc1N1c2ccccc2C2C=CC=CC21. The lowest BCUT2D eigenvalue weighted by molar-refractivity contribution is 0.413. The maximum atomic E-state index is 6.50. The molecule has 0 N–H and O–H groups in total. The predicted octanol–water partition coefficient (Wildman–Crippen LogP) is 11.3. The van der Waals surface area contributed by atoms with Gasteiger partial charge in [0.05, 0.1) is 42.7 Å². The van der Waals surface area contributed by atoms with Crippen molar-refractivity contribution in [2.24, 2.45) is 0 Å². The number of methoxy groups -OCH3 is 2. The van der Waals surface area contributed by atoms with Crippen LogP contribution in [0.15, 0.2) is 142 Å². The first-order valence-electron chi connectivity index (χ1n) is 16.9. The number of nitrogens with zero attached hydrogens (tertiary/aromatic N) is 2. The molecule has 11 rings (SSSR count). The molecule has 6 heteroatoms. The van der Waals surface area contributed by atoms with Crippen LogP contribution < -0.4 is 14.4 Å². The fourth-order valence-corrected chi connectivity index (χ4v) is 8.52. The molecule has 240 valence electrons. The summed E-state index contributed by atoms with van der Waals surface area (Å²) in [5, 5.41) is 6.48. The molecule has 4 heterocycles. The van der Waals surface area contributed by atoms with E-state index in [1.54, 1.807) is 14.2 Å². The van der Waals surface area contributed by atoms with Crippen LogP contribution in [0.5, 0.6) is 11.5 Å². The van der Waals surface area contributed by atoms with Crippen LogP contribution >= 0.6 is 0 Å². The van der Waals surface area contributed by atoms with E-state index in [9.17, 15) is 0 Å². The van der Waals surface area contributed by atoms with E-state index in [2.05, 4.69) is 125 Å².